The van der Waals surface area contributed by atoms with Crippen LogP contribution in [0.5, 0.6) is 0 Å². The van der Waals surface area contributed by atoms with Crippen molar-refractivity contribution in [2.75, 3.05) is 0 Å². The second kappa shape index (κ2) is 5.67. The number of hydrogen-bond acceptors (Lipinski definition) is 2. The van der Waals surface area contributed by atoms with Gasteiger partial charge in [-0.3, -0.25) is 0 Å². The van der Waals surface area contributed by atoms with Crippen LogP contribution >= 0.6 is 15.9 Å². The maximum Gasteiger partial charge on any atom is 0.127 e. The van der Waals surface area contributed by atoms with Crippen LogP contribution in [0.1, 0.15) is 30.0 Å². The number of nitrogens with two attached hydrogens (primary N) is 1. The molecule has 0 fully saturated rings. The number of furan rings is 1. The lowest BCUT2D eigenvalue weighted by Crippen LogP contribution is -2.13. The largest absolute Gasteiger partial charge is 0.464 e. The molecule has 1 aromatic carbocycles. The third-order valence-electron chi connectivity index (χ3n) is 2.85. The Morgan fingerprint density at radius 2 is 2.11 bits per heavy atom. The first-order valence-electron chi connectivity index (χ1n) is 5.88. The Morgan fingerprint density at radius 3 is 2.72 bits per heavy atom. The highest BCUT2D eigenvalue weighted by atomic mass is 79.9. The molecule has 1 heterocycles. The molecule has 2 N–H and O–H groups in total. The monoisotopic (exact) mass is 311 g/mol. The molecule has 0 aliphatic carbocycles. The van der Waals surface area contributed by atoms with Gasteiger partial charge in [0, 0.05) is 10.9 Å². The topological polar surface area (TPSA) is 39.2 Å². The minimum atomic E-state index is -0.319. The summed E-state index contributed by atoms with van der Waals surface area (Å²) in [6, 6.07) is 8.45. The summed E-state index contributed by atoms with van der Waals surface area (Å²) < 4.78 is 20.0. The lowest BCUT2D eigenvalue weighted by Gasteiger charge is -2.10. The summed E-state index contributed by atoms with van der Waals surface area (Å²) in [5.74, 6) is 1.35. The summed E-state index contributed by atoms with van der Waals surface area (Å²) in [4.78, 5) is 0. The SMILES string of the molecule is CCc1ccc(C(N)Cc2ccc(Br)cc2F)o1. The van der Waals surface area contributed by atoms with Crippen molar-refractivity contribution in [2.24, 2.45) is 5.73 Å². The third kappa shape index (κ3) is 3.00. The quantitative estimate of drug-likeness (QED) is 0.927. The van der Waals surface area contributed by atoms with Crippen molar-refractivity contribution in [3.63, 3.8) is 0 Å². The first-order chi connectivity index (χ1) is 8.60. The van der Waals surface area contributed by atoms with E-state index in [1.807, 2.05) is 25.1 Å². The lowest BCUT2D eigenvalue weighted by molar-refractivity contribution is 0.432. The second-order valence-electron chi connectivity index (χ2n) is 4.20. The Labute approximate surface area is 114 Å². The van der Waals surface area contributed by atoms with Crippen molar-refractivity contribution in [2.45, 2.75) is 25.8 Å². The average Bonchev–Trinajstić information content (AvgIpc) is 2.81. The molecular formula is C14H15BrFNO. The molecule has 2 rings (SSSR count). The van der Waals surface area contributed by atoms with Gasteiger partial charge in [0.25, 0.3) is 0 Å². The van der Waals surface area contributed by atoms with Gasteiger partial charge < -0.3 is 10.2 Å². The average molecular weight is 312 g/mol. The van der Waals surface area contributed by atoms with E-state index in [-0.39, 0.29) is 11.9 Å². The van der Waals surface area contributed by atoms with E-state index in [0.717, 1.165) is 16.7 Å². The van der Waals surface area contributed by atoms with E-state index < -0.39 is 0 Å². The standard InChI is InChI=1S/C14H15BrFNO/c1-2-11-5-6-14(18-11)13(17)7-9-3-4-10(15)8-12(9)16/h3-6,8,13H,2,7,17H2,1H3. The molecule has 0 radical (unpaired) electrons. The molecule has 1 aromatic heterocycles. The summed E-state index contributed by atoms with van der Waals surface area (Å²) >= 11 is 3.23. The van der Waals surface area contributed by atoms with Gasteiger partial charge in [0.2, 0.25) is 0 Å². The van der Waals surface area contributed by atoms with E-state index in [9.17, 15) is 4.39 Å². The fraction of sp³-hybridized carbons (Fsp3) is 0.286. The van der Waals surface area contributed by atoms with Crippen LogP contribution in [0.25, 0.3) is 0 Å². The van der Waals surface area contributed by atoms with Gasteiger partial charge in [-0.05, 0) is 36.2 Å². The predicted octanol–water partition coefficient (Wildman–Crippen LogP) is 3.99. The molecule has 2 nitrogen and oxygen atoms in total. The molecule has 2 aromatic rings. The zero-order valence-electron chi connectivity index (χ0n) is 10.1. The normalized spacial score (nSPS) is 12.7. The van der Waals surface area contributed by atoms with Crippen LogP contribution in [0, 0.1) is 5.82 Å². The van der Waals surface area contributed by atoms with Gasteiger partial charge in [0.05, 0.1) is 6.04 Å². The van der Waals surface area contributed by atoms with Crippen LogP contribution in [0.2, 0.25) is 0 Å². The predicted molar refractivity (Wildman–Crippen MR) is 72.8 cm³/mol. The number of benzene rings is 1. The second-order valence-corrected chi connectivity index (χ2v) is 5.12. The molecular weight excluding hydrogens is 297 g/mol. The Bertz CT molecular complexity index is 538. The van der Waals surface area contributed by atoms with Crippen LogP contribution in [0.15, 0.2) is 39.2 Å². The zero-order valence-corrected chi connectivity index (χ0v) is 11.7. The Hall–Kier alpha value is -1.13. The molecule has 0 saturated carbocycles. The van der Waals surface area contributed by atoms with Crippen LogP contribution in [0.3, 0.4) is 0 Å². The van der Waals surface area contributed by atoms with Gasteiger partial charge in [-0.25, -0.2) is 4.39 Å². The van der Waals surface area contributed by atoms with Crippen molar-refractivity contribution in [1.82, 2.24) is 0 Å². The number of hydrogen-bond donors (Lipinski definition) is 1. The first kappa shape index (κ1) is 13.3. The molecule has 0 aliphatic rings. The minimum Gasteiger partial charge on any atom is -0.464 e. The smallest absolute Gasteiger partial charge is 0.127 e. The van der Waals surface area contributed by atoms with Crippen LogP contribution in [0.4, 0.5) is 4.39 Å². The van der Waals surface area contributed by atoms with Gasteiger partial charge in [0.1, 0.15) is 17.3 Å². The zero-order chi connectivity index (χ0) is 13.1. The number of aryl methyl sites for hydroxylation is 1. The third-order valence-corrected chi connectivity index (χ3v) is 3.34. The minimum absolute atomic E-state index is 0.248. The van der Waals surface area contributed by atoms with Gasteiger partial charge >= 0.3 is 0 Å². The highest BCUT2D eigenvalue weighted by molar-refractivity contribution is 9.10. The Morgan fingerprint density at radius 1 is 1.33 bits per heavy atom. The first-order valence-corrected chi connectivity index (χ1v) is 6.67. The molecule has 1 atom stereocenters. The van der Waals surface area contributed by atoms with Crippen molar-refractivity contribution in [3.05, 3.63) is 57.7 Å². The van der Waals surface area contributed by atoms with E-state index in [2.05, 4.69) is 15.9 Å². The summed E-state index contributed by atoms with van der Waals surface area (Å²) in [7, 11) is 0. The molecule has 0 bridgehead atoms. The van der Waals surface area contributed by atoms with Crippen LogP contribution < -0.4 is 5.73 Å². The fourth-order valence-electron chi connectivity index (χ4n) is 1.81. The molecule has 0 aliphatic heterocycles. The molecule has 0 amide bonds. The highest BCUT2D eigenvalue weighted by Gasteiger charge is 2.14. The maximum atomic E-state index is 13.7. The van der Waals surface area contributed by atoms with Gasteiger partial charge in [-0.2, -0.15) is 0 Å². The van der Waals surface area contributed by atoms with Crippen molar-refractivity contribution >= 4 is 15.9 Å². The summed E-state index contributed by atoms with van der Waals surface area (Å²) in [6.45, 7) is 2.02. The highest BCUT2D eigenvalue weighted by Crippen LogP contribution is 2.22. The molecule has 0 saturated heterocycles. The molecule has 96 valence electrons. The number of rotatable bonds is 4. The van der Waals surface area contributed by atoms with Crippen LogP contribution in [-0.4, -0.2) is 0 Å². The Balaban J connectivity index is 2.13. The Kier molecular flexibility index (Phi) is 4.19. The lowest BCUT2D eigenvalue weighted by atomic mass is 10.0. The van der Waals surface area contributed by atoms with Gasteiger partial charge in [0.15, 0.2) is 0 Å². The van der Waals surface area contributed by atoms with Crippen molar-refractivity contribution in [1.29, 1.82) is 0 Å². The van der Waals surface area contributed by atoms with E-state index in [1.54, 1.807) is 6.07 Å². The summed E-state index contributed by atoms with van der Waals surface area (Å²) in [5, 5.41) is 0. The van der Waals surface area contributed by atoms with E-state index >= 15 is 0 Å². The van der Waals surface area contributed by atoms with E-state index in [4.69, 9.17) is 10.2 Å². The fourth-order valence-corrected chi connectivity index (χ4v) is 2.14. The van der Waals surface area contributed by atoms with Crippen molar-refractivity contribution < 1.29 is 8.81 Å². The van der Waals surface area contributed by atoms with E-state index in [0.29, 0.717) is 17.7 Å². The maximum absolute atomic E-state index is 13.7. The van der Waals surface area contributed by atoms with Gasteiger partial charge in [-0.15, -0.1) is 0 Å². The molecule has 0 spiro atoms. The van der Waals surface area contributed by atoms with Crippen LogP contribution in [-0.2, 0) is 12.8 Å². The van der Waals surface area contributed by atoms with E-state index in [1.165, 1.54) is 6.07 Å². The molecule has 4 heteroatoms. The molecule has 1 unspecified atom stereocenters. The molecule has 18 heavy (non-hydrogen) atoms. The summed E-state index contributed by atoms with van der Waals surface area (Å²) in [5.41, 5.74) is 6.63. The summed E-state index contributed by atoms with van der Waals surface area (Å²) in [6.07, 6.45) is 1.26. The van der Waals surface area contributed by atoms with Gasteiger partial charge in [-0.1, -0.05) is 28.9 Å². The number of halogens is 2. The van der Waals surface area contributed by atoms with Crippen molar-refractivity contribution in [3.8, 4) is 0 Å².